The van der Waals surface area contributed by atoms with Gasteiger partial charge in [-0.25, -0.2) is 17.9 Å². The van der Waals surface area contributed by atoms with Crippen LogP contribution in [0.1, 0.15) is 20.8 Å². The van der Waals surface area contributed by atoms with Crippen molar-refractivity contribution < 1.29 is 12.8 Å². The second-order valence-electron chi connectivity index (χ2n) is 4.79. The summed E-state index contributed by atoms with van der Waals surface area (Å²) in [7, 11) is -4.10. The fourth-order valence-electron chi connectivity index (χ4n) is 1.30. The van der Waals surface area contributed by atoms with Crippen molar-refractivity contribution in [2.24, 2.45) is 5.14 Å². The summed E-state index contributed by atoms with van der Waals surface area (Å²) in [5.74, 6) is -0.923. The van der Waals surface area contributed by atoms with Gasteiger partial charge in [0.25, 0.3) is 0 Å². The van der Waals surface area contributed by atoms with Gasteiger partial charge in [0, 0.05) is 11.6 Å². The molecule has 0 amide bonds. The van der Waals surface area contributed by atoms with Crippen LogP contribution in [0.3, 0.4) is 0 Å². The Morgan fingerprint density at radius 1 is 1.29 bits per heavy atom. The minimum Gasteiger partial charge on any atom is -0.397 e. The van der Waals surface area contributed by atoms with Gasteiger partial charge in [0.2, 0.25) is 10.0 Å². The maximum atomic E-state index is 13.5. The van der Waals surface area contributed by atoms with Crippen molar-refractivity contribution in [3.63, 3.8) is 0 Å². The molecule has 1 rings (SSSR count). The molecule has 0 heterocycles. The second kappa shape index (κ2) is 4.15. The number of nitrogens with one attached hydrogen (secondary N) is 1. The average Bonchev–Trinajstić information content (AvgIpc) is 2.06. The first kappa shape index (κ1) is 13.7. The van der Waals surface area contributed by atoms with E-state index in [1.54, 1.807) is 0 Å². The number of primary sulfonamides is 1. The molecule has 0 fully saturated rings. The predicted molar refractivity (Wildman–Crippen MR) is 65.6 cm³/mol. The molecule has 0 unspecified atom stereocenters. The third-order valence-corrected chi connectivity index (χ3v) is 2.85. The van der Waals surface area contributed by atoms with Crippen LogP contribution in [-0.2, 0) is 10.0 Å². The van der Waals surface area contributed by atoms with E-state index in [1.165, 1.54) is 0 Å². The fraction of sp³-hybridized carbons (Fsp3) is 0.400. The first-order valence-corrected chi connectivity index (χ1v) is 6.45. The fourth-order valence-corrected chi connectivity index (χ4v) is 1.92. The van der Waals surface area contributed by atoms with Gasteiger partial charge in [0.1, 0.15) is 10.7 Å². The summed E-state index contributed by atoms with van der Waals surface area (Å²) >= 11 is 0. The van der Waals surface area contributed by atoms with E-state index in [-0.39, 0.29) is 11.2 Å². The zero-order valence-corrected chi connectivity index (χ0v) is 10.7. The standard InChI is InChI=1S/C10H16FN3O2S/c1-10(2,3)14-8-4-6(11)9(5-7(8)12)17(13,15)16/h4-5,14H,12H2,1-3H3,(H2,13,15,16). The molecule has 0 aliphatic rings. The van der Waals surface area contributed by atoms with Crippen molar-refractivity contribution in [2.75, 3.05) is 11.1 Å². The van der Waals surface area contributed by atoms with Crippen molar-refractivity contribution >= 4 is 21.4 Å². The molecule has 0 aliphatic heterocycles. The van der Waals surface area contributed by atoms with Crippen LogP contribution in [0.4, 0.5) is 15.8 Å². The molecule has 0 aliphatic carbocycles. The molecule has 0 saturated heterocycles. The van der Waals surface area contributed by atoms with Crippen molar-refractivity contribution in [1.29, 1.82) is 0 Å². The first-order chi connectivity index (χ1) is 7.50. The van der Waals surface area contributed by atoms with Gasteiger partial charge in [-0.1, -0.05) is 0 Å². The van der Waals surface area contributed by atoms with E-state index < -0.39 is 20.7 Å². The molecule has 17 heavy (non-hydrogen) atoms. The Kier molecular flexibility index (Phi) is 3.35. The minimum absolute atomic E-state index is 0.130. The smallest absolute Gasteiger partial charge is 0.241 e. The highest BCUT2D eigenvalue weighted by molar-refractivity contribution is 7.89. The summed E-state index contributed by atoms with van der Waals surface area (Å²) in [6.45, 7) is 5.62. The van der Waals surface area contributed by atoms with E-state index in [9.17, 15) is 12.8 Å². The third kappa shape index (κ3) is 3.57. The van der Waals surface area contributed by atoms with E-state index in [2.05, 4.69) is 5.32 Å². The lowest BCUT2D eigenvalue weighted by Gasteiger charge is -2.23. The lowest BCUT2D eigenvalue weighted by atomic mass is 10.1. The summed E-state index contributed by atoms with van der Waals surface area (Å²) in [6, 6.07) is 2.04. The number of nitrogens with two attached hydrogens (primary N) is 2. The third-order valence-electron chi connectivity index (χ3n) is 1.92. The highest BCUT2D eigenvalue weighted by Gasteiger charge is 2.19. The van der Waals surface area contributed by atoms with Gasteiger partial charge in [-0.3, -0.25) is 0 Å². The van der Waals surface area contributed by atoms with Crippen molar-refractivity contribution in [3.8, 4) is 0 Å². The molecule has 0 atom stereocenters. The Balaban J connectivity index is 3.29. The van der Waals surface area contributed by atoms with E-state index >= 15 is 0 Å². The summed E-state index contributed by atoms with van der Waals surface area (Å²) in [5.41, 5.74) is 5.79. The van der Waals surface area contributed by atoms with Crippen LogP contribution in [0, 0.1) is 5.82 Å². The molecule has 7 heteroatoms. The molecule has 0 radical (unpaired) electrons. The van der Waals surface area contributed by atoms with E-state index in [0.29, 0.717) is 5.69 Å². The number of nitrogen functional groups attached to an aromatic ring is 1. The van der Waals surface area contributed by atoms with Crippen molar-refractivity contribution in [3.05, 3.63) is 17.9 Å². The van der Waals surface area contributed by atoms with Gasteiger partial charge in [0.05, 0.1) is 11.4 Å². The lowest BCUT2D eigenvalue weighted by Crippen LogP contribution is -2.27. The number of halogens is 1. The quantitative estimate of drug-likeness (QED) is 0.698. The molecule has 96 valence electrons. The molecule has 1 aromatic rings. The van der Waals surface area contributed by atoms with Crippen LogP contribution in [-0.4, -0.2) is 14.0 Å². The first-order valence-electron chi connectivity index (χ1n) is 4.91. The summed E-state index contributed by atoms with van der Waals surface area (Å²) in [6.07, 6.45) is 0. The monoisotopic (exact) mass is 261 g/mol. The largest absolute Gasteiger partial charge is 0.397 e. The number of anilines is 2. The van der Waals surface area contributed by atoms with Gasteiger partial charge in [0.15, 0.2) is 0 Å². The molecule has 0 saturated carbocycles. The number of rotatable bonds is 2. The summed E-state index contributed by atoms with van der Waals surface area (Å²) in [5, 5.41) is 7.83. The Bertz CT molecular complexity index is 535. The normalized spacial score (nSPS) is 12.5. The van der Waals surface area contributed by atoms with Crippen LogP contribution in [0.15, 0.2) is 17.0 Å². The highest BCUT2D eigenvalue weighted by Crippen LogP contribution is 2.27. The molecule has 0 bridgehead atoms. The zero-order valence-electron chi connectivity index (χ0n) is 9.91. The van der Waals surface area contributed by atoms with Crippen LogP contribution < -0.4 is 16.2 Å². The van der Waals surface area contributed by atoms with Gasteiger partial charge >= 0.3 is 0 Å². The maximum absolute atomic E-state index is 13.5. The zero-order chi connectivity index (χ0) is 13.4. The molecule has 0 aromatic heterocycles. The van der Waals surface area contributed by atoms with Crippen LogP contribution in [0.5, 0.6) is 0 Å². The van der Waals surface area contributed by atoms with Gasteiger partial charge < -0.3 is 11.1 Å². The topological polar surface area (TPSA) is 98.2 Å². The van der Waals surface area contributed by atoms with E-state index in [4.69, 9.17) is 10.9 Å². The molecule has 5 N–H and O–H groups in total. The summed E-state index contributed by atoms with van der Waals surface area (Å²) < 4.78 is 35.7. The Morgan fingerprint density at radius 2 is 1.82 bits per heavy atom. The van der Waals surface area contributed by atoms with Crippen LogP contribution in [0.2, 0.25) is 0 Å². The SMILES string of the molecule is CC(C)(C)Nc1cc(F)c(S(N)(=O)=O)cc1N. The van der Waals surface area contributed by atoms with E-state index in [1.807, 2.05) is 20.8 Å². The molecular weight excluding hydrogens is 245 g/mol. The molecule has 5 nitrogen and oxygen atoms in total. The van der Waals surface area contributed by atoms with Gasteiger partial charge in [-0.05, 0) is 26.8 Å². The predicted octanol–water partition coefficient (Wildman–Crippen LogP) is 1.27. The molecule has 0 spiro atoms. The molecule has 1 aromatic carbocycles. The Hall–Kier alpha value is -1.34. The van der Waals surface area contributed by atoms with Crippen LogP contribution in [0.25, 0.3) is 0 Å². The number of hydrogen-bond acceptors (Lipinski definition) is 4. The van der Waals surface area contributed by atoms with Gasteiger partial charge in [-0.2, -0.15) is 0 Å². The van der Waals surface area contributed by atoms with Crippen molar-refractivity contribution in [2.45, 2.75) is 31.2 Å². The van der Waals surface area contributed by atoms with Gasteiger partial charge in [-0.15, -0.1) is 0 Å². The number of sulfonamides is 1. The highest BCUT2D eigenvalue weighted by atomic mass is 32.2. The second-order valence-corrected chi connectivity index (χ2v) is 6.32. The molecular formula is C10H16FN3O2S. The van der Waals surface area contributed by atoms with Crippen molar-refractivity contribution in [1.82, 2.24) is 0 Å². The number of hydrogen-bond donors (Lipinski definition) is 3. The minimum atomic E-state index is -4.10. The lowest BCUT2D eigenvalue weighted by molar-refractivity contribution is 0.567. The Labute approximate surface area is 100 Å². The summed E-state index contributed by atoms with van der Waals surface area (Å²) in [4.78, 5) is -0.602. The van der Waals surface area contributed by atoms with Crippen LogP contribution >= 0.6 is 0 Å². The number of benzene rings is 1. The Morgan fingerprint density at radius 3 is 2.24 bits per heavy atom. The van der Waals surface area contributed by atoms with E-state index in [0.717, 1.165) is 12.1 Å². The maximum Gasteiger partial charge on any atom is 0.241 e. The average molecular weight is 261 g/mol.